The Balaban J connectivity index is 1.91. The first-order valence-electron chi connectivity index (χ1n) is 7.87. The van der Waals surface area contributed by atoms with Gasteiger partial charge in [0.2, 0.25) is 5.91 Å². The molecule has 23 heavy (non-hydrogen) atoms. The first-order valence-corrected chi connectivity index (χ1v) is 8.79. The summed E-state index contributed by atoms with van der Waals surface area (Å²) in [5, 5.41) is 2.86. The molecule has 1 atom stereocenters. The lowest BCUT2D eigenvalue weighted by Crippen LogP contribution is -2.25. The van der Waals surface area contributed by atoms with Crippen molar-refractivity contribution in [2.24, 2.45) is 0 Å². The van der Waals surface area contributed by atoms with E-state index < -0.39 is 4.83 Å². The van der Waals surface area contributed by atoms with Crippen LogP contribution in [0.4, 0.5) is 10.1 Å². The third-order valence-electron chi connectivity index (χ3n) is 3.68. The maximum atomic E-state index is 13.6. The molecule has 0 aromatic heterocycles. The van der Waals surface area contributed by atoms with Gasteiger partial charge in [-0.15, -0.1) is 0 Å². The Morgan fingerprint density at radius 2 is 1.87 bits per heavy atom. The topological polar surface area (TPSA) is 29.1 Å². The number of benzene rings is 2. The molecule has 0 aliphatic heterocycles. The zero-order valence-corrected chi connectivity index (χ0v) is 14.8. The summed E-state index contributed by atoms with van der Waals surface area (Å²) < 4.78 is 13.6. The van der Waals surface area contributed by atoms with Gasteiger partial charge in [0.25, 0.3) is 0 Å². The Labute approximate surface area is 145 Å². The Bertz CT molecular complexity index is 642. The minimum absolute atomic E-state index is 0.172. The van der Waals surface area contributed by atoms with Gasteiger partial charge in [-0.1, -0.05) is 59.6 Å². The Morgan fingerprint density at radius 3 is 2.52 bits per heavy atom. The highest BCUT2D eigenvalue weighted by atomic mass is 79.9. The zero-order chi connectivity index (χ0) is 16.7. The third kappa shape index (κ3) is 5.47. The number of nitrogens with one attached hydrogen (secondary N) is 1. The molecular formula is C19H21BrFNO. The number of anilines is 1. The van der Waals surface area contributed by atoms with Gasteiger partial charge in [-0.05, 0) is 48.6 Å². The van der Waals surface area contributed by atoms with Crippen LogP contribution in [-0.4, -0.2) is 10.7 Å². The zero-order valence-electron chi connectivity index (χ0n) is 13.2. The average Bonchev–Trinajstić information content (AvgIpc) is 2.56. The molecule has 0 heterocycles. The van der Waals surface area contributed by atoms with Crippen LogP contribution in [-0.2, 0) is 17.6 Å². The Kier molecular flexibility index (Phi) is 6.78. The molecule has 0 aliphatic rings. The van der Waals surface area contributed by atoms with Gasteiger partial charge in [-0.3, -0.25) is 4.79 Å². The van der Waals surface area contributed by atoms with Gasteiger partial charge in [-0.2, -0.15) is 0 Å². The third-order valence-corrected chi connectivity index (χ3v) is 4.42. The van der Waals surface area contributed by atoms with E-state index in [0.717, 1.165) is 18.5 Å². The largest absolute Gasteiger partial charge is 0.325 e. The number of hydrogen-bond donors (Lipinski definition) is 1. The molecule has 1 N–H and O–H groups in total. The number of unbranched alkanes of at least 4 members (excludes halogenated alkanes) is 1. The number of halogens is 2. The van der Waals surface area contributed by atoms with Crippen molar-refractivity contribution in [1.29, 1.82) is 0 Å². The van der Waals surface area contributed by atoms with Crippen molar-refractivity contribution in [3.05, 3.63) is 65.5 Å². The highest BCUT2D eigenvalue weighted by Crippen LogP contribution is 2.17. The van der Waals surface area contributed by atoms with E-state index in [0.29, 0.717) is 12.0 Å². The normalized spacial score (nSPS) is 12.0. The molecule has 1 unspecified atom stereocenters. The summed E-state index contributed by atoms with van der Waals surface area (Å²) in [7, 11) is 0. The number of rotatable bonds is 7. The summed E-state index contributed by atoms with van der Waals surface area (Å²) in [6.45, 7) is 2.17. The maximum Gasteiger partial charge on any atom is 0.238 e. The number of hydrogen-bond acceptors (Lipinski definition) is 1. The maximum absolute atomic E-state index is 13.6. The van der Waals surface area contributed by atoms with Crippen molar-refractivity contribution in [3.8, 4) is 0 Å². The van der Waals surface area contributed by atoms with Gasteiger partial charge >= 0.3 is 0 Å². The average molecular weight is 378 g/mol. The SMILES string of the molecule is CCCCc1ccc(NC(=O)C(Br)Cc2ccccc2F)cc1. The highest BCUT2D eigenvalue weighted by Gasteiger charge is 2.17. The van der Waals surface area contributed by atoms with E-state index in [1.165, 1.54) is 18.1 Å². The Hall–Kier alpha value is -1.68. The van der Waals surface area contributed by atoms with Gasteiger partial charge < -0.3 is 5.32 Å². The lowest BCUT2D eigenvalue weighted by Gasteiger charge is -2.12. The van der Waals surface area contributed by atoms with Crippen LogP contribution in [0.5, 0.6) is 0 Å². The van der Waals surface area contributed by atoms with E-state index in [9.17, 15) is 9.18 Å². The molecular weight excluding hydrogens is 357 g/mol. The fourth-order valence-corrected chi connectivity index (χ4v) is 2.77. The smallest absolute Gasteiger partial charge is 0.238 e. The van der Waals surface area contributed by atoms with Gasteiger partial charge in [0.05, 0.1) is 4.83 Å². The molecule has 1 amide bonds. The monoisotopic (exact) mass is 377 g/mol. The molecule has 4 heteroatoms. The molecule has 2 nitrogen and oxygen atoms in total. The van der Waals surface area contributed by atoms with Crippen molar-refractivity contribution in [1.82, 2.24) is 0 Å². The second-order valence-electron chi connectivity index (χ2n) is 5.55. The first kappa shape index (κ1) is 17.7. The number of aryl methyl sites for hydroxylation is 1. The summed E-state index contributed by atoms with van der Waals surface area (Å²) in [6, 6.07) is 14.4. The van der Waals surface area contributed by atoms with Crippen LogP contribution in [0, 0.1) is 5.82 Å². The fraction of sp³-hybridized carbons (Fsp3) is 0.316. The van der Waals surface area contributed by atoms with Gasteiger partial charge in [-0.25, -0.2) is 4.39 Å². The van der Waals surface area contributed by atoms with Crippen molar-refractivity contribution < 1.29 is 9.18 Å². The minimum Gasteiger partial charge on any atom is -0.325 e. The summed E-state index contributed by atoms with van der Waals surface area (Å²) in [5.74, 6) is -0.459. The first-order chi connectivity index (χ1) is 11.1. The van der Waals surface area contributed by atoms with Crippen LogP contribution in [0.15, 0.2) is 48.5 Å². The predicted molar refractivity (Wildman–Crippen MR) is 96.5 cm³/mol. The number of amides is 1. The molecule has 0 radical (unpaired) electrons. The van der Waals surface area contributed by atoms with Crippen LogP contribution >= 0.6 is 15.9 Å². The molecule has 2 rings (SSSR count). The highest BCUT2D eigenvalue weighted by molar-refractivity contribution is 9.10. The van der Waals surface area contributed by atoms with Crippen molar-refractivity contribution >= 4 is 27.5 Å². The molecule has 122 valence electrons. The second-order valence-corrected chi connectivity index (χ2v) is 6.66. The number of alkyl halides is 1. The summed E-state index contributed by atoms with van der Waals surface area (Å²) in [5.41, 5.74) is 2.55. The van der Waals surface area contributed by atoms with E-state index >= 15 is 0 Å². The van der Waals surface area contributed by atoms with Crippen LogP contribution in [0.25, 0.3) is 0 Å². The quantitative estimate of drug-likeness (QED) is 0.667. The molecule has 0 aliphatic carbocycles. The van der Waals surface area contributed by atoms with Crippen molar-refractivity contribution in [2.45, 2.75) is 37.4 Å². The summed E-state index contributed by atoms with van der Waals surface area (Å²) in [6.07, 6.45) is 3.70. The number of carbonyl (C=O) groups excluding carboxylic acids is 1. The van der Waals surface area contributed by atoms with E-state index in [1.54, 1.807) is 18.2 Å². The summed E-state index contributed by atoms with van der Waals surface area (Å²) >= 11 is 3.34. The Morgan fingerprint density at radius 1 is 1.17 bits per heavy atom. The molecule has 0 spiro atoms. The molecule has 0 saturated heterocycles. The van der Waals surface area contributed by atoms with Crippen molar-refractivity contribution in [3.63, 3.8) is 0 Å². The van der Waals surface area contributed by atoms with Gasteiger partial charge in [0, 0.05) is 5.69 Å². The molecule has 2 aromatic rings. The molecule has 0 fully saturated rings. The van der Waals surface area contributed by atoms with Gasteiger partial charge in [0.15, 0.2) is 0 Å². The lowest BCUT2D eigenvalue weighted by atomic mass is 10.1. The number of carbonyl (C=O) groups is 1. The van der Waals surface area contributed by atoms with E-state index in [1.807, 2.05) is 24.3 Å². The lowest BCUT2D eigenvalue weighted by molar-refractivity contribution is -0.115. The van der Waals surface area contributed by atoms with E-state index in [2.05, 4.69) is 28.2 Å². The minimum atomic E-state index is -0.473. The van der Waals surface area contributed by atoms with E-state index in [-0.39, 0.29) is 11.7 Å². The van der Waals surface area contributed by atoms with Crippen LogP contribution in [0.3, 0.4) is 0 Å². The van der Waals surface area contributed by atoms with Crippen molar-refractivity contribution in [2.75, 3.05) is 5.32 Å². The van der Waals surface area contributed by atoms with Crippen LogP contribution in [0.1, 0.15) is 30.9 Å². The van der Waals surface area contributed by atoms with Gasteiger partial charge in [0.1, 0.15) is 5.82 Å². The van der Waals surface area contributed by atoms with E-state index in [4.69, 9.17) is 0 Å². The predicted octanol–water partition coefficient (Wildman–Crippen LogP) is 5.11. The molecule has 0 saturated carbocycles. The summed E-state index contributed by atoms with van der Waals surface area (Å²) in [4.78, 5) is 11.7. The van der Waals surface area contributed by atoms with Crippen LogP contribution in [0.2, 0.25) is 0 Å². The second kappa shape index (κ2) is 8.82. The molecule has 0 bridgehead atoms. The van der Waals surface area contributed by atoms with Crippen LogP contribution < -0.4 is 5.32 Å². The standard InChI is InChI=1S/C19H21BrFNO/c1-2-3-6-14-9-11-16(12-10-14)22-19(23)17(20)13-15-7-4-5-8-18(15)21/h4-5,7-12,17H,2-3,6,13H2,1H3,(H,22,23). The molecule has 2 aromatic carbocycles. The fourth-order valence-electron chi connectivity index (χ4n) is 2.31.